The minimum absolute atomic E-state index is 0.233. The van der Waals surface area contributed by atoms with Crippen LogP contribution in [0.25, 0.3) is 0 Å². The topological polar surface area (TPSA) is 91.2 Å². The van der Waals surface area contributed by atoms with Crippen molar-refractivity contribution in [2.75, 3.05) is 0 Å². The van der Waals surface area contributed by atoms with Gasteiger partial charge in [-0.25, -0.2) is 0 Å². The minimum atomic E-state index is -0.470. The largest absolute Gasteiger partial charge is 0.460 e. The number of hydrogen-bond donors (Lipinski definition) is 1. The first-order valence-corrected chi connectivity index (χ1v) is 7.12. The number of nitrogens with two attached hydrogens (primary N) is 1. The highest BCUT2D eigenvalue weighted by molar-refractivity contribution is 5.70. The quantitative estimate of drug-likeness (QED) is 0.849. The van der Waals surface area contributed by atoms with Gasteiger partial charge >= 0.3 is 5.97 Å². The van der Waals surface area contributed by atoms with Gasteiger partial charge in [0.25, 0.3) is 0 Å². The molecule has 0 aromatic carbocycles. The molecule has 1 aromatic heterocycles. The number of rotatable bonds is 4. The monoisotopic (exact) mass is 281 g/mol. The van der Waals surface area contributed by atoms with E-state index in [9.17, 15) is 4.79 Å². The Morgan fingerprint density at radius 2 is 2.05 bits per heavy atom. The molecule has 6 heteroatoms. The average Bonchev–Trinajstić information content (AvgIpc) is 2.93. The van der Waals surface area contributed by atoms with Gasteiger partial charge in [0.15, 0.2) is 5.82 Å². The van der Waals surface area contributed by atoms with Crippen molar-refractivity contribution in [2.24, 2.45) is 5.73 Å². The molecule has 0 aliphatic heterocycles. The third-order valence-corrected chi connectivity index (χ3v) is 3.37. The molecular formula is C14H23N3O3. The summed E-state index contributed by atoms with van der Waals surface area (Å²) in [4.78, 5) is 15.9. The third-order valence-electron chi connectivity index (χ3n) is 3.37. The van der Waals surface area contributed by atoms with E-state index in [1.165, 1.54) is 0 Å². The number of hydrogen-bond acceptors (Lipinski definition) is 6. The van der Waals surface area contributed by atoms with Gasteiger partial charge in [-0.15, -0.1) is 0 Å². The molecule has 0 atom stereocenters. The summed E-state index contributed by atoms with van der Waals surface area (Å²) < 4.78 is 10.4. The van der Waals surface area contributed by atoms with Crippen LogP contribution in [0.3, 0.4) is 0 Å². The normalized spacial score (nSPS) is 18.2. The summed E-state index contributed by atoms with van der Waals surface area (Å²) in [6.45, 7) is 5.52. The molecule has 0 saturated heterocycles. The van der Waals surface area contributed by atoms with Crippen molar-refractivity contribution in [3.8, 4) is 0 Å². The van der Waals surface area contributed by atoms with Gasteiger partial charge in [0, 0.05) is 6.42 Å². The second-order valence-corrected chi connectivity index (χ2v) is 6.46. The van der Waals surface area contributed by atoms with Gasteiger partial charge in [0.2, 0.25) is 5.89 Å². The average molecular weight is 281 g/mol. The van der Waals surface area contributed by atoms with Crippen LogP contribution in [0, 0.1) is 0 Å². The standard InChI is InChI=1S/C14H23N3O3/c1-13(2,3)19-11(18)7-6-10-16-12(17-20-10)14(15)8-4-5-9-14/h4-9,15H2,1-3H3. The molecular weight excluding hydrogens is 258 g/mol. The predicted molar refractivity (Wildman–Crippen MR) is 72.8 cm³/mol. The molecule has 1 fully saturated rings. The van der Waals surface area contributed by atoms with Crippen LogP contribution in [0.4, 0.5) is 0 Å². The molecule has 0 spiro atoms. The fraction of sp³-hybridized carbons (Fsp3) is 0.786. The van der Waals surface area contributed by atoms with Gasteiger partial charge < -0.3 is 15.0 Å². The molecule has 0 unspecified atom stereocenters. The molecule has 0 amide bonds. The number of nitrogens with zero attached hydrogens (tertiary/aromatic N) is 2. The van der Waals surface area contributed by atoms with Crippen molar-refractivity contribution in [3.05, 3.63) is 11.7 Å². The molecule has 1 heterocycles. The summed E-state index contributed by atoms with van der Waals surface area (Å²) in [5.74, 6) is 0.748. The molecule has 1 aliphatic carbocycles. The zero-order valence-corrected chi connectivity index (χ0v) is 12.4. The van der Waals surface area contributed by atoms with Crippen molar-refractivity contribution in [1.82, 2.24) is 10.1 Å². The summed E-state index contributed by atoms with van der Waals surface area (Å²) in [7, 11) is 0. The van der Waals surface area contributed by atoms with Gasteiger partial charge in [-0.05, 0) is 33.6 Å². The maximum atomic E-state index is 11.6. The summed E-state index contributed by atoms with van der Waals surface area (Å²) in [5.41, 5.74) is 5.34. The maximum absolute atomic E-state index is 11.6. The Kier molecular flexibility index (Phi) is 4.13. The number of esters is 1. The SMILES string of the molecule is CC(C)(C)OC(=O)CCc1nc(C2(N)CCCC2)no1. The van der Waals surface area contributed by atoms with Crippen molar-refractivity contribution < 1.29 is 14.1 Å². The highest BCUT2D eigenvalue weighted by Gasteiger charge is 2.35. The van der Waals surface area contributed by atoms with Gasteiger partial charge in [-0.3, -0.25) is 4.79 Å². The predicted octanol–water partition coefficient (Wildman–Crippen LogP) is 2.07. The lowest BCUT2D eigenvalue weighted by atomic mass is 9.99. The Labute approximate surface area is 119 Å². The highest BCUT2D eigenvalue weighted by atomic mass is 16.6. The molecule has 20 heavy (non-hydrogen) atoms. The Balaban J connectivity index is 1.89. The van der Waals surface area contributed by atoms with Crippen LogP contribution in [0.15, 0.2) is 4.52 Å². The van der Waals surface area contributed by atoms with Crippen LogP contribution in [-0.4, -0.2) is 21.7 Å². The lowest BCUT2D eigenvalue weighted by Gasteiger charge is -2.19. The molecule has 1 aromatic rings. The Hall–Kier alpha value is -1.43. The van der Waals surface area contributed by atoms with Crippen LogP contribution in [-0.2, 0) is 21.5 Å². The van der Waals surface area contributed by atoms with E-state index >= 15 is 0 Å². The number of carbonyl (C=O) groups excluding carboxylic acids is 1. The Morgan fingerprint density at radius 1 is 1.40 bits per heavy atom. The van der Waals surface area contributed by atoms with Crippen LogP contribution in [0.1, 0.15) is 64.6 Å². The van der Waals surface area contributed by atoms with Gasteiger partial charge in [0.05, 0.1) is 12.0 Å². The van der Waals surface area contributed by atoms with Gasteiger partial charge in [-0.1, -0.05) is 18.0 Å². The maximum Gasteiger partial charge on any atom is 0.306 e. The summed E-state index contributed by atoms with van der Waals surface area (Å²) >= 11 is 0. The number of ether oxygens (including phenoxy) is 1. The zero-order chi connectivity index (χ0) is 14.8. The first-order chi connectivity index (χ1) is 9.28. The minimum Gasteiger partial charge on any atom is -0.460 e. The first kappa shape index (κ1) is 15.0. The fourth-order valence-corrected chi connectivity index (χ4v) is 2.39. The molecule has 2 N–H and O–H groups in total. The Morgan fingerprint density at radius 3 is 2.65 bits per heavy atom. The van der Waals surface area contributed by atoms with Crippen LogP contribution in [0.2, 0.25) is 0 Å². The van der Waals surface area contributed by atoms with E-state index in [0.29, 0.717) is 18.1 Å². The highest BCUT2D eigenvalue weighted by Crippen LogP contribution is 2.34. The van der Waals surface area contributed by atoms with Crippen LogP contribution < -0.4 is 5.73 Å². The third kappa shape index (κ3) is 3.79. The van der Waals surface area contributed by atoms with Gasteiger partial charge in [-0.2, -0.15) is 4.98 Å². The van der Waals surface area contributed by atoms with E-state index in [2.05, 4.69) is 10.1 Å². The lowest BCUT2D eigenvalue weighted by molar-refractivity contribution is -0.154. The second kappa shape index (κ2) is 5.52. The van der Waals surface area contributed by atoms with E-state index in [-0.39, 0.29) is 12.4 Å². The molecule has 6 nitrogen and oxygen atoms in total. The number of aryl methyl sites for hydroxylation is 1. The van der Waals surface area contributed by atoms with Gasteiger partial charge in [0.1, 0.15) is 5.60 Å². The van der Waals surface area contributed by atoms with Crippen molar-refractivity contribution in [2.45, 2.75) is 70.4 Å². The van der Waals surface area contributed by atoms with Crippen molar-refractivity contribution >= 4 is 5.97 Å². The first-order valence-electron chi connectivity index (χ1n) is 7.12. The number of aromatic nitrogens is 2. The van der Waals surface area contributed by atoms with E-state index in [1.807, 2.05) is 20.8 Å². The van der Waals surface area contributed by atoms with Crippen LogP contribution in [0.5, 0.6) is 0 Å². The van der Waals surface area contributed by atoms with E-state index < -0.39 is 11.1 Å². The summed E-state index contributed by atoms with van der Waals surface area (Å²) in [5, 5.41) is 3.96. The lowest BCUT2D eigenvalue weighted by Crippen LogP contribution is -2.34. The van der Waals surface area contributed by atoms with E-state index in [0.717, 1.165) is 25.7 Å². The van der Waals surface area contributed by atoms with Crippen LogP contribution >= 0.6 is 0 Å². The molecule has 112 valence electrons. The summed E-state index contributed by atoms with van der Waals surface area (Å²) in [6.07, 6.45) is 4.58. The fourth-order valence-electron chi connectivity index (χ4n) is 2.39. The molecule has 2 rings (SSSR count). The molecule has 1 saturated carbocycles. The van der Waals surface area contributed by atoms with Crippen molar-refractivity contribution in [1.29, 1.82) is 0 Å². The second-order valence-electron chi connectivity index (χ2n) is 6.46. The van der Waals surface area contributed by atoms with Crippen molar-refractivity contribution in [3.63, 3.8) is 0 Å². The molecule has 0 radical (unpaired) electrons. The molecule has 1 aliphatic rings. The Bertz CT molecular complexity index is 470. The van der Waals surface area contributed by atoms with E-state index in [1.54, 1.807) is 0 Å². The smallest absolute Gasteiger partial charge is 0.306 e. The van der Waals surface area contributed by atoms with E-state index in [4.69, 9.17) is 15.0 Å². The zero-order valence-electron chi connectivity index (χ0n) is 12.4. The molecule has 0 bridgehead atoms. The number of carbonyl (C=O) groups is 1. The summed E-state index contributed by atoms with van der Waals surface area (Å²) in [6, 6.07) is 0.